The molecule has 0 aromatic heterocycles. The van der Waals surface area contributed by atoms with Gasteiger partial charge >= 0.3 is 0 Å². The molecule has 3 nitrogen and oxygen atoms in total. The van der Waals surface area contributed by atoms with E-state index in [0.29, 0.717) is 0 Å². The lowest BCUT2D eigenvalue weighted by Gasteiger charge is -2.05. The van der Waals surface area contributed by atoms with Crippen molar-refractivity contribution in [2.24, 2.45) is 0 Å². The van der Waals surface area contributed by atoms with Gasteiger partial charge in [-0.25, -0.2) is 0 Å². The lowest BCUT2D eigenvalue weighted by atomic mass is 10.2. The fourth-order valence-electron chi connectivity index (χ4n) is 1.64. The maximum absolute atomic E-state index is 5.22. The standard InChI is InChI=1S/C14H19NO2/c1-16-13-8-11(9-14(10-13)17-2)4-3-7-15-12-5-6-12/h3-4,8-10,12,15H,5-7H2,1-2H3. The van der Waals surface area contributed by atoms with Gasteiger partial charge in [-0.3, -0.25) is 0 Å². The van der Waals surface area contributed by atoms with Crippen LogP contribution in [0, 0.1) is 0 Å². The summed E-state index contributed by atoms with van der Waals surface area (Å²) in [6.07, 6.45) is 6.86. The molecule has 92 valence electrons. The highest BCUT2D eigenvalue weighted by atomic mass is 16.5. The first kappa shape index (κ1) is 12.0. The fraction of sp³-hybridized carbons (Fsp3) is 0.429. The largest absolute Gasteiger partial charge is 0.497 e. The monoisotopic (exact) mass is 233 g/mol. The molecule has 1 N–H and O–H groups in total. The van der Waals surface area contributed by atoms with E-state index in [-0.39, 0.29) is 0 Å². The number of hydrogen-bond acceptors (Lipinski definition) is 3. The molecule has 0 aliphatic heterocycles. The van der Waals surface area contributed by atoms with E-state index in [9.17, 15) is 0 Å². The highest BCUT2D eigenvalue weighted by Gasteiger charge is 2.18. The van der Waals surface area contributed by atoms with Gasteiger partial charge in [0.1, 0.15) is 11.5 Å². The van der Waals surface area contributed by atoms with Crippen LogP contribution in [0.5, 0.6) is 11.5 Å². The minimum absolute atomic E-state index is 0.750. The van der Waals surface area contributed by atoms with Crippen LogP contribution in [0.3, 0.4) is 0 Å². The van der Waals surface area contributed by atoms with Crippen molar-refractivity contribution < 1.29 is 9.47 Å². The normalized spacial score (nSPS) is 15.2. The summed E-state index contributed by atoms with van der Waals surface area (Å²) < 4.78 is 10.4. The van der Waals surface area contributed by atoms with E-state index in [1.165, 1.54) is 12.8 Å². The summed E-state index contributed by atoms with van der Waals surface area (Å²) in [5.74, 6) is 1.64. The predicted octanol–water partition coefficient (Wildman–Crippen LogP) is 2.47. The zero-order valence-electron chi connectivity index (χ0n) is 10.4. The summed E-state index contributed by atoms with van der Waals surface area (Å²) in [6.45, 7) is 0.921. The Morgan fingerprint density at radius 2 is 1.82 bits per heavy atom. The Balaban J connectivity index is 1.97. The van der Waals surface area contributed by atoms with E-state index in [1.807, 2.05) is 18.2 Å². The summed E-state index contributed by atoms with van der Waals surface area (Å²) in [7, 11) is 3.33. The lowest BCUT2D eigenvalue weighted by Crippen LogP contribution is -2.15. The van der Waals surface area contributed by atoms with Gasteiger partial charge in [0.15, 0.2) is 0 Å². The van der Waals surface area contributed by atoms with Crippen molar-refractivity contribution in [2.75, 3.05) is 20.8 Å². The number of benzene rings is 1. The van der Waals surface area contributed by atoms with Gasteiger partial charge in [-0.2, -0.15) is 0 Å². The zero-order chi connectivity index (χ0) is 12.1. The van der Waals surface area contributed by atoms with E-state index < -0.39 is 0 Å². The molecule has 1 saturated carbocycles. The maximum atomic E-state index is 5.22. The van der Waals surface area contributed by atoms with Crippen LogP contribution in [0.15, 0.2) is 24.3 Å². The van der Waals surface area contributed by atoms with Gasteiger partial charge in [-0.15, -0.1) is 0 Å². The molecular weight excluding hydrogens is 214 g/mol. The summed E-state index contributed by atoms with van der Waals surface area (Å²) in [6, 6.07) is 6.62. The van der Waals surface area contributed by atoms with Gasteiger partial charge in [0.05, 0.1) is 14.2 Å². The molecule has 0 radical (unpaired) electrons. The fourth-order valence-corrected chi connectivity index (χ4v) is 1.64. The highest BCUT2D eigenvalue weighted by molar-refractivity contribution is 5.55. The molecule has 0 heterocycles. The van der Waals surface area contributed by atoms with Crippen molar-refractivity contribution in [3.05, 3.63) is 29.8 Å². The Hall–Kier alpha value is -1.48. The van der Waals surface area contributed by atoms with Gasteiger partial charge in [0, 0.05) is 18.7 Å². The Labute approximate surface area is 102 Å². The predicted molar refractivity (Wildman–Crippen MR) is 69.6 cm³/mol. The van der Waals surface area contributed by atoms with E-state index in [4.69, 9.17) is 9.47 Å². The van der Waals surface area contributed by atoms with E-state index >= 15 is 0 Å². The lowest BCUT2D eigenvalue weighted by molar-refractivity contribution is 0.394. The van der Waals surface area contributed by atoms with Gasteiger partial charge in [-0.05, 0) is 30.5 Å². The minimum atomic E-state index is 0.750. The van der Waals surface area contributed by atoms with Crippen molar-refractivity contribution in [3.63, 3.8) is 0 Å². The third kappa shape index (κ3) is 3.79. The van der Waals surface area contributed by atoms with E-state index in [2.05, 4.69) is 17.5 Å². The van der Waals surface area contributed by atoms with Crippen molar-refractivity contribution in [1.82, 2.24) is 5.32 Å². The average molecular weight is 233 g/mol. The third-order valence-corrected chi connectivity index (χ3v) is 2.79. The molecule has 0 atom stereocenters. The second-order valence-corrected chi connectivity index (χ2v) is 4.23. The van der Waals surface area contributed by atoms with Crippen LogP contribution in [0.1, 0.15) is 18.4 Å². The van der Waals surface area contributed by atoms with Crippen LogP contribution in [0.2, 0.25) is 0 Å². The number of nitrogens with one attached hydrogen (secondary N) is 1. The Kier molecular flexibility index (Phi) is 4.04. The minimum Gasteiger partial charge on any atom is -0.497 e. The van der Waals surface area contributed by atoms with Crippen LogP contribution in [0.25, 0.3) is 6.08 Å². The molecule has 2 rings (SSSR count). The van der Waals surface area contributed by atoms with Crippen LogP contribution < -0.4 is 14.8 Å². The summed E-state index contributed by atoms with van der Waals surface area (Å²) in [4.78, 5) is 0. The van der Waals surface area contributed by atoms with Crippen molar-refractivity contribution in [2.45, 2.75) is 18.9 Å². The SMILES string of the molecule is COc1cc(C=CCNC2CC2)cc(OC)c1. The smallest absolute Gasteiger partial charge is 0.123 e. The average Bonchev–Trinajstić information content (AvgIpc) is 3.18. The Morgan fingerprint density at radius 1 is 1.18 bits per heavy atom. The molecule has 1 fully saturated rings. The van der Waals surface area contributed by atoms with Gasteiger partial charge < -0.3 is 14.8 Å². The molecule has 0 bridgehead atoms. The molecule has 0 unspecified atom stereocenters. The molecular formula is C14H19NO2. The van der Waals surface area contributed by atoms with Crippen LogP contribution in [0.4, 0.5) is 0 Å². The molecule has 0 spiro atoms. The number of hydrogen-bond donors (Lipinski definition) is 1. The van der Waals surface area contributed by atoms with Crippen LogP contribution in [-0.4, -0.2) is 26.8 Å². The van der Waals surface area contributed by atoms with Crippen molar-refractivity contribution >= 4 is 6.08 Å². The second kappa shape index (κ2) is 5.73. The summed E-state index contributed by atoms with van der Waals surface area (Å²) >= 11 is 0. The van der Waals surface area contributed by atoms with Gasteiger partial charge in [-0.1, -0.05) is 12.2 Å². The molecule has 0 saturated heterocycles. The Bertz CT molecular complexity index is 375. The number of rotatable bonds is 6. The topological polar surface area (TPSA) is 30.5 Å². The van der Waals surface area contributed by atoms with E-state index in [0.717, 1.165) is 29.6 Å². The second-order valence-electron chi connectivity index (χ2n) is 4.23. The first-order chi connectivity index (χ1) is 8.31. The van der Waals surface area contributed by atoms with Crippen LogP contribution in [-0.2, 0) is 0 Å². The van der Waals surface area contributed by atoms with Crippen molar-refractivity contribution in [1.29, 1.82) is 0 Å². The highest BCUT2D eigenvalue weighted by Crippen LogP contribution is 2.23. The molecule has 17 heavy (non-hydrogen) atoms. The number of ether oxygens (including phenoxy) is 2. The first-order valence-electron chi connectivity index (χ1n) is 5.95. The first-order valence-corrected chi connectivity index (χ1v) is 5.95. The Morgan fingerprint density at radius 3 is 2.35 bits per heavy atom. The quantitative estimate of drug-likeness (QED) is 0.818. The third-order valence-electron chi connectivity index (χ3n) is 2.79. The van der Waals surface area contributed by atoms with Gasteiger partial charge in [0.2, 0.25) is 0 Å². The summed E-state index contributed by atoms with van der Waals surface area (Å²) in [5, 5.41) is 3.43. The maximum Gasteiger partial charge on any atom is 0.123 e. The molecule has 1 aliphatic carbocycles. The van der Waals surface area contributed by atoms with Gasteiger partial charge in [0.25, 0.3) is 0 Å². The molecule has 1 aromatic rings. The molecule has 1 aromatic carbocycles. The van der Waals surface area contributed by atoms with Crippen LogP contribution >= 0.6 is 0 Å². The molecule has 3 heteroatoms. The zero-order valence-corrected chi connectivity index (χ0v) is 10.4. The summed E-state index contributed by atoms with van der Waals surface area (Å²) in [5.41, 5.74) is 1.10. The molecule has 1 aliphatic rings. The molecule has 0 amide bonds. The van der Waals surface area contributed by atoms with Crippen molar-refractivity contribution in [3.8, 4) is 11.5 Å². The number of methoxy groups -OCH3 is 2. The van der Waals surface area contributed by atoms with E-state index in [1.54, 1.807) is 14.2 Å².